The maximum atomic E-state index is 6.27. The van der Waals surface area contributed by atoms with Crippen LogP contribution in [0.1, 0.15) is 11.1 Å². The van der Waals surface area contributed by atoms with Crippen molar-refractivity contribution in [1.82, 2.24) is 9.55 Å². The van der Waals surface area contributed by atoms with Crippen LogP contribution in [0.25, 0.3) is 27.6 Å². The number of hydrogen-bond acceptors (Lipinski definition) is 2. The summed E-state index contributed by atoms with van der Waals surface area (Å²) in [5, 5.41) is 2.26. The Morgan fingerprint density at radius 2 is 1.74 bits per heavy atom. The van der Waals surface area contributed by atoms with E-state index in [1.807, 2.05) is 66.0 Å². The topological polar surface area (TPSA) is 33.1 Å². The van der Waals surface area contributed by atoms with Gasteiger partial charge in [0, 0.05) is 23.2 Å². The van der Waals surface area contributed by atoms with E-state index in [1.54, 1.807) is 0 Å². The van der Waals surface area contributed by atoms with Gasteiger partial charge in [0.25, 0.3) is 6.20 Å². The van der Waals surface area contributed by atoms with E-state index in [9.17, 15) is 0 Å². The number of aromatic nitrogens is 2. The van der Waals surface area contributed by atoms with E-state index >= 15 is 0 Å². The average molecular weight is 638 g/mol. The smallest absolute Gasteiger partial charge is 0.509 e. The molecular weight excluding hydrogens is 615 g/mol. The molecule has 6 heteroatoms. The second-order valence-electron chi connectivity index (χ2n) is 8.52. The monoisotopic (exact) mass is 637 g/mol. The molecule has 0 fully saturated rings. The van der Waals surface area contributed by atoms with Gasteiger partial charge in [-0.3, -0.25) is 0 Å². The molecule has 5 aromatic rings. The van der Waals surface area contributed by atoms with Gasteiger partial charge >= 0.3 is 27.1 Å². The summed E-state index contributed by atoms with van der Waals surface area (Å²) in [6, 6.07) is 30.6. The van der Waals surface area contributed by atoms with E-state index in [1.165, 1.54) is 0 Å². The summed E-state index contributed by atoms with van der Waals surface area (Å²) in [7, 11) is 1.94. The van der Waals surface area contributed by atoms with E-state index in [4.69, 9.17) is 4.74 Å². The van der Waals surface area contributed by atoms with Gasteiger partial charge in [0.1, 0.15) is 11.5 Å². The van der Waals surface area contributed by atoms with Crippen LogP contribution in [-0.4, -0.2) is 31.8 Å². The molecule has 5 nitrogen and oxygen atoms in total. The van der Waals surface area contributed by atoms with Gasteiger partial charge in [-0.25, -0.2) is 4.98 Å². The largest absolute Gasteiger partial charge is 2.00 e. The molecular formula is C29H22N4OPt+2. The van der Waals surface area contributed by atoms with Crippen LogP contribution in [0.4, 0.5) is 5.69 Å². The molecule has 6 rings (SSSR count). The summed E-state index contributed by atoms with van der Waals surface area (Å²) in [4.78, 5) is 4.64. The first-order valence-electron chi connectivity index (χ1n) is 11.1. The van der Waals surface area contributed by atoms with Crippen LogP contribution >= 0.6 is 0 Å². The molecule has 1 aliphatic heterocycles. The third kappa shape index (κ3) is 4.25. The molecule has 0 unspecified atom stereocenters. The van der Waals surface area contributed by atoms with E-state index in [2.05, 4.69) is 71.0 Å². The number of aryl methyl sites for hydroxylation is 2. The fourth-order valence-corrected chi connectivity index (χ4v) is 4.32. The number of fused-ring (bicyclic) bond motifs is 3. The van der Waals surface area contributed by atoms with Crippen molar-refractivity contribution in [2.24, 2.45) is 0 Å². The molecule has 2 aromatic heterocycles. The number of nitrogens with zero attached hydrogens (tertiary/aromatic N) is 4. The zero-order valence-electron chi connectivity index (χ0n) is 19.5. The van der Waals surface area contributed by atoms with Gasteiger partial charge in [-0.15, -0.1) is 23.6 Å². The standard InChI is InChI=1S/C29H22N4O.Pt/c1-20-10-11-30-29(16-20)33-27-7-5-4-6-25(27)26-9-8-23(18-28(26)33)34-24-15-21(2)14-22(17-24)32-13-12-31(3)19-32;/h4-16H,1-3H3;/q;+2. The SMILES string of the molecule is Cc1cc(Oc2[c-]c3c(cc2)c2ccccc2n3-c2cc(C)ccn2)[c-]c([N+]2=C=[N+](C)C=C2)c1.[Pt+2]. The number of benzene rings is 3. The van der Waals surface area contributed by atoms with Gasteiger partial charge in [-0.1, -0.05) is 51.9 Å². The van der Waals surface area contributed by atoms with Crippen LogP contribution in [0.2, 0.25) is 0 Å². The zero-order valence-corrected chi connectivity index (χ0v) is 21.8. The maximum absolute atomic E-state index is 6.27. The zero-order chi connectivity index (χ0) is 23.2. The molecule has 0 radical (unpaired) electrons. The third-order valence-corrected chi connectivity index (χ3v) is 5.85. The Kier molecular flexibility index (Phi) is 5.98. The van der Waals surface area contributed by atoms with Crippen LogP contribution in [0.5, 0.6) is 11.5 Å². The summed E-state index contributed by atoms with van der Waals surface area (Å²) in [6.07, 6.45) is 5.73. The average Bonchev–Trinajstić information content (AvgIpc) is 3.40. The molecule has 0 atom stereocenters. The van der Waals surface area contributed by atoms with Crippen LogP contribution < -0.4 is 4.74 Å². The summed E-state index contributed by atoms with van der Waals surface area (Å²) in [5.74, 6) is 2.12. The van der Waals surface area contributed by atoms with Gasteiger partial charge in [0.15, 0.2) is 7.05 Å². The van der Waals surface area contributed by atoms with Crippen LogP contribution in [0.3, 0.4) is 0 Å². The number of para-hydroxylation sites is 1. The molecule has 0 saturated carbocycles. The second kappa shape index (κ2) is 9.11. The molecule has 0 amide bonds. The van der Waals surface area contributed by atoms with Crippen molar-refractivity contribution in [2.75, 3.05) is 7.05 Å². The third-order valence-electron chi connectivity index (χ3n) is 5.85. The summed E-state index contributed by atoms with van der Waals surface area (Å²) >= 11 is 0. The minimum Gasteiger partial charge on any atom is -0.509 e. The number of rotatable bonds is 4. The van der Waals surface area contributed by atoms with Crippen molar-refractivity contribution in [3.05, 3.63) is 103 Å². The quantitative estimate of drug-likeness (QED) is 0.176. The van der Waals surface area contributed by atoms with Crippen molar-refractivity contribution in [3.63, 3.8) is 0 Å². The van der Waals surface area contributed by atoms with Crippen LogP contribution in [-0.2, 0) is 21.1 Å². The van der Waals surface area contributed by atoms with Gasteiger partial charge in [0.2, 0.25) is 6.20 Å². The molecule has 35 heavy (non-hydrogen) atoms. The van der Waals surface area contributed by atoms with E-state index in [-0.39, 0.29) is 21.1 Å². The molecule has 3 aromatic carbocycles. The molecule has 0 N–H and O–H groups in total. The first kappa shape index (κ1) is 23.0. The van der Waals surface area contributed by atoms with E-state index < -0.39 is 0 Å². The van der Waals surface area contributed by atoms with E-state index in [0.29, 0.717) is 11.5 Å². The first-order valence-corrected chi connectivity index (χ1v) is 11.1. The summed E-state index contributed by atoms with van der Waals surface area (Å²) in [6.45, 7) is 4.12. The first-order chi connectivity index (χ1) is 16.5. The Balaban J connectivity index is 0.00000253. The number of ether oxygens (including phenoxy) is 1. The second-order valence-corrected chi connectivity index (χ2v) is 8.52. The minimum absolute atomic E-state index is 0. The van der Waals surface area contributed by atoms with Crippen molar-refractivity contribution in [2.45, 2.75) is 13.8 Å². The van der Waals surface area contributed by atoms with Crippen molar-refractivity contribution in [1.29, 1.82) is 0 Å². The minimum atomic E-state index is 0. The van der Waals surface area contributed by atoms with Crippen molar-refractivity contribution in [3.8, 4) is 17.3 Å². The predicted octanol–water partition coefficient (Wildman–Crippen LogP) is 6.13. The van der Waals surface area contributed by atoms with Gasteiger partial charge < -0.3 is 9.30 Å². The Morgan fingerprint density at radius 1 is 0.886 bits per heavy atom. The number of pyridine rings is 1. The van der Waals surface area contributed by atoms with Gasteiger partial charge in [0.05, 0.1) is 0 Å². The molecule has 0 bridgehead atoms. The summed E-state index contributed by atoms with van der Waals surface area (Å²) in [5.41, 5.74) is 5.11. The Hall–Kier alpha value is -3.78. The summed E-state index contributed by atoms with van der Waals surface area (Å²) < 4.78 is 12.2. The predicted molar refractivity (Wildman–Crippen MR) is 132 cm³/mol. The maximum Gasteiger partial charge on any atom is 2.00 e. The van der Waals surface area contributed by atoms with E-state index in [0.717, 1.165) is 44.4 Å². The number of hydrogen-bond donors (Lipinski definition) is 0. The molecule has 3 heterocycles. The Morgan fingerprint density at radius 3 is 2.54 bits per heavy atom. The van der Waals surface area contributed by atoms with Crippen LogP contribution in [0, 0.1) is 26.0 Å². The Bertz CT molecular complexity index is 1710. The van der Waals surface area contributed by atoms with Gasteiger partial charge in [-0.05, 0) is 36.1 Å². The fourth-order valence-electron chi connectivity index (χ4n) is 4.32. The molecule has 0 aliphatic carbocycles. The van der Waals surface area contributed by atoms with Crippen LogP contribution in [0.15, 0.2) is 79.3 Å². The normalized spacial score (nSPS) is 12.5. The van der Waals surface area contributed by atoms with Crippen molar-refractivity contribution < 1.29 is 35.0 Å². The molecule has 0 spiro atoms. The van der Waals surface area contributed by atoms with Crippen molar-refractivity contribution >= 4 is 33.5 Å². The molecule has 0 saturated heterocycles. The molecule has 1 aliphatic rings. The Labute approximate surface area is 218 Å². The van der Waals surface area contributed by atoms with Gasteiger partial charge in [-0.2, -0.15) is 11.6 Å². The fraction of sp³-hybridized carbons (Fsp3) is 0.103. The molecule has 172 valence electrons.